The van der Waals surface area contributed by atoms with Gasteiger partial charge in [-0.3, -0.25) is 15.5 Å². The van der Waals surface area contributed by atoms with Crippen LogP contribution in [0.4, 0.5) is 10.8 Å². The van der Waals surface area contributed by atoms with Crippen molar-refractivity contribution >= 4 is 51.6 Å². The first-order valence-corrected chi connectivity index (χ1v) is 6.96. The summed E-state index contributed by atoms with van der Waals surface area (Å²) in [6.07, 6.45) is 1.25. The third-order valence-electron chi connectivity index (χ3n) is 2.28. The first-order chi connectivity index (χ1) is 9.49. The molecule has 0 saturated heterocycles. The molecule has 0 aliphatic carbocycles. The minimum atomic E-state index is -0.545. The molecule has 0 unspecified atom stereocenters. The van der Waals surface area contributed by atoms with Crippen LogP contribution in [0.5, 0.6) is 0 Å². The predicted octanol–water partition coefficient (Wildman–Crippen LogP) is 4.11. The lowest BCUT2D eigenvalue weighted by molar-refractivity contribution is -0.385. The highest BCUT2D eigenvalue weighted by Gasteiger charge is 2.17. The molecule has 0 atom stereocenters. The number of nitrogens with zero attached hydrogens (tertiary/aromatic N) is 3. The van der Waals surface area contributed by atoms with Crippen molar-refractivity contribution in [3.63, 3.8) is 0 Å². The molecule has 0 aliphatic heterocycles. The zero-order valence-electron chi connectivity index (χ0n) is 10.1. The summed E-state index contributed by atoms with van der Waals surface area (Å²) >= 11 is 13.2. The van der Waals surface area contributed by atoms with Gasteiger partial charge in [0, 0.05) is 11.4 Å². The topological polar surface area (TPSA) is 80.4 Å². The molecule has 1 N–H and O–H groups in total. The van der Waals surface area contributed by atoms with Crippen LogP contribution < -0.4 is 5.43 Å². The molecule has 0 spiro atoms. The van der Waals surface area contributed by atoms with Crippen LogP contribution in [0.2, 0.25) is 10.0 Å². The van der Waals surface area contributed by atoms with Crippen molar-refractivity contribution in [2.24, 2.45) is 5.10 Å². The van der Waals surface area contributed by atoms with E-state index in [4.69, 9.17) is 23.2 Å². The lowest BCUT2D eigenvalue weighted by Crippen LogP contribution is -1.98. The number of rotatable bonds is 4. The molecular weight excluding hydrogens is 323 g/mol. The number of aromatic nitrogens is 1. The van der Waals surface area contributed by atoms with Crippen LogP contribution >= 0.6 is 34.5 Å². The Labute approximate surface area is 128 Å². The van der Waals surface area contributed by atoms with E-state index in [0.29, 0.717) is 5.13 Å². The normalized spacial score (nSPS) is 10.9. The van der Waals surface area contributed by atoms with E-state index in [0.717, 1.165) is 5.69 Å². The summed E-state index contributed by atoms with van der Waals surface area (Å²) in [6.45, 7) is 1.85. The number of aryl methyl sites for hydroxylation is 1. The van der Waals surface area contributed by atoms with Crippen LogP contribution in [0.1, 0.15) is 11.3 Å². The number of hydrogen-bond acceptors (Lipinski definition) is 6. The molecule has 0 saturated carbocycles. The highest BCUT2D eigenvalue weighted by atomic mass is 35.5. The van der Waals surface area contributed by atoms with E-state index < -0.39 is 4.92 Å². The minimum absolute atomic E-state index is 0.0849. The summed E-state index contributed by atoms with van der Waals surface area (Å²) in [5.41, 5.74) is 3.52. The Hall–Kier alpha value is -1.70. The van der Waals surface area contributed by atoms with Gasteiger partial charge in [0.1, 0.15) is 0 Å². The highest BCUT2D eigenvalue weighted by Crippen LogP contribution is 2.31. The molecule has 1 aromatic heterocycles. The van der Waals surface area contributed by atoms with Gasteiger partial charge in [-0.25, -0.2) is 4.98 Å². The van der Waals surface area contributed by atoms with Crippen LogP contribution in [0.3, 0.4) is 0 Å². The summed E-state index contributed by atoms with van der Waals surface area (Å²) < 4.78 is 0. The minimum Gasteiger partial charge on any atom is -0.258 e. The second-order valence-corrected chi connectivity index (χ2v) is 5.36. The fourth-order valence-corrected chi connectivity index (χ4v) is 2.41. The first-order valence-electron chi connectivity index (χ1n) is 5.32. The average molecular weight is 331 g/mol. The Morgan fingerprint density at radius 3 is 2.85 bits per heavy atom. The first kappa shape index (κ1) is 14.7. The number of hydrogen-bond donors (Lipinski definition) is 1. The Morgan fingerprint density at radius 2 is 2.25 bits per heavy atom. The molecule has 6 nitrogen and oxygen atoms in total. The van der Waals surface area contributed by atoms with Crippen molar-refractivity contribution in [2.45, 2.75) is 6.92 Å². The summed E-state index contributed by atoms with van der Waals surface area (Å²) in [7, 11) is 0. The molecule has 0 fully saturated rings. The number of anilines is 1. The van der Waals surface area contributed by atoms with Gasteiger partial charge in [-0.2, -0.15) is 5.10 Å². The predicted molar refractivity (Wildman–Crippen MR) is 81.2 cm³/mol. The summed E-state index contributed by atoms with van der Waals surface area (Å²) in [5, 5.41) is 17.6. The Kier molecular flexibility index (Phi) is 4.53. The molecule has 2 rings (SSSR count). The maximum Gasteiger partial charge on any atom is 0.279 e. The smallest absolute Gasteiger partial charge is 0.258 e. The van der Waals surface area contributed by atoms with Gasteiger partial charge >= 0.3 is 0 Å². The van der Waals surface area contributed by atoms with Crippen molar-refractivity contribution < 1.29 is 4.92 Å². The second-order valence-electron chi connectivity index (χ2n) is 3.72. The molecule has 1 heterocycles. The number of nitro benzene ring substituents is 1. The van der Waals surface area contributed by atoms with Crippen LogP contribution in [0.25, 0.3) is 0 Å². The van der Waals surface area contributed by atoms with Gasteiger partial charge < -0.3 is 0 Å². The van der Waals surface area contributed by atoms with Crippen LogP contribution in [0.15, 0.2) is 22.6 Å². The van der Waals surface area contributed by atoms with E-state index in [-0.39, 0.29) is 21.3 Å². The summed E-state index contributed by atoms with van der Waals surface area (Å²) in [6, 6.07) is 2.65. The molecule has 0 bridgehead atoms. The molecule has 1 aromatic carbocycles. The molecule has 0 radical (unpaired) electrons. The lowest BCUT2D eigenvalue weighted by Gasteiger charge is -2.02. The number of thiazole rings is 1. The van der Waals surface area contributed by atoms with E-state index in [1.807, 2.05) is 12.3 Å². The maximum absolute atomic E-state index is 10.9. The van der Waals surface area contributed by atoms with Crippen molar-refractivity contribution in [2.75, 3.05) is 5.43 Å². The number of benzene rings is 1. The molecule has 0 aliphatic rings. The number of halogens is 2. The molecular formula is C11H8Cl2N4O2S. The molecule has 0 amide bonds. The third-order valence-corrected chi connectivity index (χ3v) is 3.96. The van der Waals surface area contributed by atoms with E-state index in [9.17, 15) is 10.1 Å². The van der Waals surface area contributed by atoms with E-state index >= 15 is 0 Å². The molecule has 104 valence electrons. The fraction of sp³-hybridized carbons (Fsp3) is 0.0909. The Bertz CT molecular complexity index is 687. The van der Waals surface area contributed by atoms with E-state index in [1.54, 1.807) is 0 Å². The van der Waals surface area contributed by atoms with E-state index in [2.05, 4.69) is 15.5 Å². The maximum atomic E-state index is 10.9. The van der Waals surface area contributed by atoms with Crippen LogP contribution in [0, 0.1) is 17.0 Å². The number of hydrazone groups is 1. The molecule has 2 aromatic rings. The average Bonchev–Trinajstić information content (AvgIpc) is 2.80. The lowest BCUT2D eigenvalue weighted by atomic mass is 10.2. The summed E-state index contributed by atoms with van der Waals surface area (Å²) in [4.78, 5) is 14.5. The van der Waals surface area contributed by atoms with Gasteiger partial charge in [-0.15, -0.1) is 11.3 Å². The Balaban J connectivity index is 2.27. The zero-order valence-corrected chi connectivity index (χ0v) is 12.5. The second kappa shape index (κ2) is 6.17. The van der Waals surface area contributed by atoms with E-state index in [1.165, 1.54) is 29.7 Å². The van der Waals surface area contributed by atoms with Crippen LogP contribution in [-0.2, 0) is 0 Å². The SMILES string of the molecule is Cc1csc(NN=Cc2c([N+](=O)[O-])ccc(Cl)c2Cl)n1. The quantitative estimate of drug-likeness (QED) is 0.519. The van der Waals surface area contributed by atoms with Gasteiger partial charge in [-0.1, -0.05) is 23.2 Å². The van der Waals surface area contributed by atoms with Crippen molar-refractivity contribution in [3.05, 3.63) is 48.9 Å². The fourth-order valence-electron chi connectivity index (χ4n) is 1.40. The summed E-state index contributed by atoms with van der Waals surface area (Å²) in [5.74, 6) is 0. The number of nitro groups is 1. The molecule has 9 heteroatoms. The van der Waals surface area contributed by atoms with Gasteiger partial charge in [-0.05, 0) is 13.0 Å². The van der Waals surface area contributed by atoms with Gasteiger partial charge in [0.15, 0.2) is 0 Å². The zero-order chi connectivity index (χ0) is 14.7. The van der Waals surface area contributed by atoms with Gasteiger partial charge in [0.05, 0.1) is 32.4 Å². The van der Waals surface area contributed by atoms with Gasteiger partial charge in [0.25, 0.3) is 5.69 Å². The standard InChI is InChI=1S/C11H8Cl2N4O2S/c1-6-5-20-11(15-6)16-14-4-7-9(17(18)19)3-2-8(12)10(7)13/h2-5H,1H3,(H,15,16). The largest absolute Gasteiger partial charge is 0.279 e. The Morgan fingerprint density at radius 1 is 1.50 bits per heavy atom. The molecule has 20 heavy (non-hydrogen) atoms. The highest BCUT2D eigenvalue weighted by molar-refractivity contribution is 7.13. The van der Waals surface area contributed by atoms with Crippen molar-refractivity contribution in [1.82, 2.24) is 4.98 Å². The van der Waals surface area contributed by atoms with Crippen molar-refractivity contribution in [1.29, 1.82) is 0 Å². The monoisotopic (exact) mass is 330 g/mol. The van der Waals surface area contributed by atoms with Crippen molar-refractivity contribution in [3.8, 4) is 0 Å². The third kappa shape index (κ3) is 3.24. The van der Waals surface area contributed by atoms with Crippen LogP contribution in [-0.4, -0.2) is 16.1 Å². The number of nitrogens with one attached hydrogen (secondary N) is 1. The van der Waals surface area contributed by atoms with Gasteiger partial charge in [0.2, 0.25) is 5.13 Å².